The fourth-order valence-electron chi connectivity index (χ4n) is 8.88. The predicted octanol–water partition coefficient (Wildman–Crippen LogP) is 4.36. The van der Waals surface area contributed by atoms with Gasteiger partial charge < -0.3 is 14.5 Å². The van der Waals surface area contributed by atoms with E-state index in [4.69, 9.17) is 26.3 Å². The number of benzene rings is 1. The van der Waals surface area contributed by atoms with Crippen LogP contribution in [0.4, 0.5) is 14.6 Å². The third-order valence-corrected chi connectivity index (χ3v) is 11.7. The Morgan fingerprint density at radius 3 is 2.81 bits per heavy atom. The van der Waals surface area contributed by atoms with Crippen molar-refractivity contribution >= 4 is 23.3 Å². The Kier molecular flexibility index (Phi) is 7.49. The van der Waals surface area contributed by atoms with Crippen molar-refractivity contribution in [3.05, 3.63) is 62.8 Å². The van der Waals surface area contributed by atoms with Crippen LogP contribution < -0.4 is 9.64 Å². The minimum absolute atomic E-state index is 0.153. The number of alkyl halides is 1. The Morgan fingerprint density at radius 1 is 1.13 bits per heavy atom. The standard InChI is InChI=1S/C34H41ClF2N8O2/c1-41(2)31(46)29-28(35)27-19-43(12-6-14-45(27)40-29)30-23-18-42(3)34(11-9-22-24(34)7-4-8-25(22)37)16-26(23)38-32(39-30)47-20-33-10-5-13-44(33)17-21(36)15-33/h4,7-8,21H,5-6,9-20H2,1-3H3/t21-,33+,34+/m1/s1. The summed E-state index contributed by atoms with van der Waals surface area (Å²) in [5.41, 5.74) is 4.01. The molecular formula is C34H41ClF2N8O2. The van der Waals surface area contributed by atoms with Crippen molar-refractivity contribution < 1.29 is 18.3 Å². The number of hydrogen-bond donors (Lipinski definition) is 0. The Bertz CT molecular complexity index is 1750. The zero-order valence-corrected chi connectivity index (χ0v) is 28.0. The molecule has 6 heterocycles. The number of carbonyl (C=O) groups excluding carboxylic acids is 1. The molecule has 1 aliphatic carbocycles. The van der Waals surface area contributed by atoms with Crippen molar-refractivity contribution in [1.29, 1.82) is 0 Å². The third kappa shape index (κ3) is 4.92. The number of amides is 1. The van der Waals surface area contributed by atoms with E-state index in [9.17, 15) is 13.6 Å². The molecule has 3 aromatic rings. The Morgan fingerprint density at radius 2 is 1.98 bits per heavy atom. The Labute approximate surface area is 278 Å². The second-order valence-electron chi connectivity index (χ2n) is 14.3. The highest BCUT2D eigenvalue weighted by Crippen LogP contribution is 2.49. The highest BCUT2D eigenvalue weighted by Gasteiger charge is 2.50. The molecule has 8 rings (SSSR count). The van der Waals surface area contributed by atoms with Gasteiger partial charge in [0.2, 0.25) is 0 Å². The average molecular weight is 667 g/mol. The van der Waals surface area contributed by atoms with Crippen LogP contribution in [0.15, 0.2) is 18.2 Å². The second kappa shape index (κ2) is 11.4. The van der Waals surface area contributed by atoms with Crippen LogP contribution in [0.3, 0.4) is 0 Å². The molecule has 2 saturated heterocycles. The largest absolute Gasteiger partial charge is 0.461 e. The second-order valence-corrected chi connectivity index (χ2v) is 14.6. The van der Waals surface area contributed by atoms with Gasteiger partial charge in [-0.05, 0) is 62.9 Å². The zero-order valence-electron chi connectivity index (χ0n) is 27.2. The third-order valence-electron chi connectivity index (χ3n) is 11.3. The summed E-state index contributed by atoms with van der Waals surface area (Å²) >= 11 is 6.84. The van der Waals surface area contributed by atoms with Gasteiger partial charge in [0, 0.05) is 58.7 Å². The topological polar surface area (TPSA) is 82.9 Å². The molecule has 0 bridgehead atoms. The molecule has 5 aliphatic rings. The predicted molar refractivity (Wildman–Crippen MR) is 173 cm³/mol. The van der Waals surface area contributed by atoms with Crippen molar-refractivity contribution in [3.8, 4) is 6.01 Å². The molecule has 13 heteroatoms. The maximum absolute atomic E-state index is 15.0. The highest BCUT2D eigenvalue weighted by molar-refractivity contribution is 6.34. The minimum atomic E-state index is -0.854. The van der Waals surface area contributed by atoms with Crippen molar-refractivity contribution in [2.75, 3.05) is 52.3 Å². The number of hydrogen-bond acceptors (Lipinski definition) is 8. The number of fused-ring (bicyclic) bond motifs is 5. The van der Waals surface area contributed by atoms with E-state index in [1.54, 1.807) is 26.2 Å². The van der Waals surface area contributed by atoms with Crippen LogP contribution >= 0.6 is 11.6 Å². The van der Waals surface area contributed by atoms with Crippen LogP contribution in [-0.4, -0.2) is 99.5 Å². The average Bonchev–Trinajstić information content (AvgIpc) is 3.73. The summed E-state index contributed by atoms with van der Waals surface area (Å²) in [5, 5.41) is 4.96. The van der Waals surface area contributed by atoms with Gasteiger partial charge in [0.05, 0.1) is 34.0 Å². The number of nitrogens with zero attached hydrogens (tertiary/aromatic N) is 8. The van der Waals surface area contributed by atoms with Gasteiger partial charge in [0.25, 0.3) is 5.91 Å². The Balaban J connectivity index is 1.19. The molecule has 0 N–H and O–H groups in total. The smallest absolute Gasteiger partial charge is 0.318 e. The number of halogens is 3. The normalized spacial score (nSPS) is 27.0. The van der Waals surface area contributed by atoms with Gasteiger partial charge >= 0.3 is 6.01 Å². The quantitative estimate of drug-likeness (QED) is 0.398. The summed E-state index contributed by atoms with van der Waals surface area (Å²) in [4.78, 5) is 31.2. The molecule has 2 fully saturated rings. The summed E-state index contributed by atoms with van der Waals surface area (Å²) in [5.74, 6) is 0.380. The summed E-state index contributed by atoms with van der Waals surface area (Å²) < 4.78 is 37.8. The molecule has 47 heavy (non-hydrogen) atoms. The molecule has 1 spiro atoms. The molecule has 10 nitrogen and oxygen atoms in total. The maximum atomic E-state index is 15.0. The number of aryl methyl sites for hydroxylation is 1. The first-order valence-corrected chi connectivity index (χ1v) is 17.1. The van der Waals surface area contributed by atoms with Gasteiger partial charge in [0.1, 0.15) is 24.4 Å². The van der Waals surface area contributed by atoms with Crippen LogP contribution in [0.1, 0.15) is 70.7 Å². The molecular weight excluding hydrogens is 626 g/mol. The molecule has 1 amide bonds. The molecule has 0 saturated carbocycles. The lowest BCUT2D eigenvalue weighted by atomic mass is 9.81. The summed E-state index contributed by atoms with van der Waals surface area (Å²) in [6.07, 6.45) is 4.37. The van der Waals surface area contributed by atoms with Crippen LogP contribution in [-0.2, 0) is 38.0 Å². The summed E-state index contributed by atoms with van der Waals surface area (Å²) in [7, 11) is 5.48. The van der Waals surface area contributed by atoms with Crippen LogP contribution in [0, 0.1) is 5.82 Å². The van der Waals surface area contributed by atoms with E-state index in [1.165, 1.54) is 4.90 Å². The van der Waals surface area contributed by atoms with E-state index >= 15 is 0 Å². The van der Waals surface area contributed by atoms with E-state index < -0.39 is 6.17 Å². The van der Waals surface area contributed by atoms with Crippen molar-refractivity contribution in [3.63, 3.8) is 0 Å². The van der Waals surface area contributed by atoms with Crippen molar-refractivity contribution in [2.45, 2.75) is 81.8 Å². The zero-order chi connectivity index (χ0) is 32.7. The van der Waals surface area contributed by atoms with Gasteiger partial charge in [-0.2, -0.15) is 15.1 Å². The first-order valence-electron chi connectivity index (χ1n) is 16.7. The maximum Gasteiger partial charge on any atom is 0.318 e. The van der Waals surface area contributed by atoms with E-state index in [0.29, 0.717) is 63.6 Å². The highest BCUT2D eigenvalue weighted by atomic mass is 35.5. The van der Waals surface area contributed by atoms with Crippen LogP contribution in [0.25, 0.3) is 0 Å². The molecule has 3 atom stereocenters. The summed E-state index contributed by atoms with van der Waals surface area (Å²) in [6, 6.07) is 5.69. The molecule has 2 aromatic heterocycles. The number of ether oxygens (including phenoxy) is 1. The molecule has 4 aliphatic heterocycles. The molecule has 0 radical (unpaired) electrons. The number of aromatic nitrogens is 4. The fourth-order valence-corrected chi connectivity index (χ4v) is 9.16. The van der Waals surface area contributed by atoms with Crippen molar-refractivity contribution in [1.82, 2.24) is 34.4 Å². The number of rotatable bonds is 5. The van der Waals surface area contributed by atoms with Gasteiger partial charge in [-0.15, -0.1) is 0 Å². The molecule has 250 valence electrons. The summed E-state index contributed by atoms with van der Waals surface area (Å²) in [6.45, 7) is 3.98. The lowest BCUT2D eigenvalue weighted by Gasteiger charge is -2.44. The Hall–Kier alpha value is -3.35. The van der Waals surface area contributed by atoms with Gasteiger partial charge in [-0.1, -0.05) is 23.7 Å². The van der Waals surface area contributed by atoms with Crippen LogP contribution in [0.5, 0.6) is 6.01 Å². The van der Waals surface area contributed by atoms with E-state index in [-0.39, 0.29) is 34.5 Å². The fraction of sp³-hybridized carbons (Fsp3) is 0.588. The van der Waals surface area contributed by atoms with Gasteiger partial charge in [0.15, 0.2) is 5.69 Å². The SMILES string of the molecule is CN(C)C(=O)c1nn2c(c1Cl)CN(c1nc(OC[C@@]34CCCN3C[C@H](F)C4)nc3c1CN(C)[C@@]1(CCc4c(F)cccc41)C3)CCC2. The van der Waals surface area contributed by atoms with Crippen molar-refractivity contribution in [2.24, 2.45) is 0 Å². The van der Waals surface area contributed by atoms with E-state index in [2.05, 4.69) is 32.9 Å². The first-order chi connectivity index (χ1) is 22.6. The van der Waals surface area contributed by atoms with E-state index in [0.717, 1.165) is 66.1 Å². The monoisotopic (exact) mass is 666 g/mol. The van der Waals surface area contributed by atoms with E-state index in [1.807, 2.05) is 4.68 Å². The lowest BCUT2D eigenvalue weighted by Crippen LogP contribution is -2.48. The molecule has 0 unspecified atom stereocenters. The van der Waals surface area contributed by atoms with Gasteiger partial charge in [-0.25, -0.2) is 8.78 Å². The van der Waals surface area contributed by atoms with Crippen LogP contribution in [0.2, 0.25) is 5.02 Å². The first kappa shape index (κ1) is 31.0. The number of anilines is 1. The lowest BCUT2D eigenvalue weighted by molar-refractivity contribution is 0.0821. The van der Waals surface area contributed by atoms with Gasteiger partial charge in [-0.3, -0.25) is 19.3 Å². The molecule has 1 aromatic carbocycles. The minimum Gasteiger partial charge on any atom is -0.461 e. The number of likely N-dealkylation sites (N-methyl/N-ethyl adjacent to an activating group) is 1. The number of carbonyl (C=O) groups is 1.